The van der Waals surface area contributed by atoms with Crippen LogP contribution >= 0.6 is 0 Å². The van der Waals surface area contributed by atoms with E-state index in [0.29, 0.717) is 17.5 Å². The molecule has 0 saturated heterocycles. The van der Waals surface area contributed by atoms with Crippen LogP contribution in [0.5, 0.6) is 5.75 Å². The topological polar surface area (TPSA) is 49.3 Å². The number of anilines is 1. The van der Waals surface area contributed by atoms with Crippen LogP contribution in [0.2, 0.25) is 0 Å². The van der Waals surface area contributed by atoms with E-state index in [1.807, 2.05) is 24.3 Å². The summed E-state index contributed by atoms with van der Waals surface area (Å²) in [4.78, 5) is 0. The van der Waals surface area contributed by atoms with Crippen molar-refractivity contribution in [1.82, 2.24) is 0 Å². The van der Waals surface area contributed by atoms with E-state index in [2.05, 4.69) is 17.4 Å². The van der Waals surface area contributed by atoms with E-state index >= 15 is 0 Å². The third kappa shape index (κ3) is 4.84. The van der Waals surface area contributed by atoms with Gasteiger partial charge in [-0.05, 0) is 48.2 Å². The molecular formula is C20H25NO2S. The number of nitrogens with one attached hydrogen (secondary N) is 1. The quantitative estimate of drug-likeness (QED) is 0.807. The Morgan fingerprint density at radius 1 is 1.00 bits per heavy atom. The van der Waals surface area contributed by atoms with Gasteiger partial charge in [-0.1, -0.05) is 43.5 Å². The molecule has 0 unspecified atom stereocenters. The van der Waals surface area contributed by atoms with Gasteiger partial charge in [-0.25, -0.2) is 0 Å². The summed E-state index contributed by atoms with van der Waals surface area (Å²) < 4.78 is 12.6. The van der Waals surface area contributed by atoms with Gasteiger partial charge in [0, 0.05) is 34.0 Å². The number of rotatable bonds is 6. The third-order valence-electron chi connectivity index (χ3n) is 4.57. The van der Waals surface area contributed by atoms with Crippen LogP contribution in [0.3, 0.4) is 0 Å². The minimum absolute atomic E-state index is 0.283. The Balaban J connectivity index is 1.58. The fourth-order valence-corrected chi connectivity index (χ4v) is 4.85. The largest absolute Gasteiger partial charge is 0.508 e. The minimum Gasteiger partial charge on any atom is -0.508 e. The fraction of sp³-hybridized carbons (Fsp3) is 0.400. The average molecular weight is 343 g/mol. The summed E-state index contributed by atoms with van der Waals surface area (Å²) in [6, 6.07) is 15.4. The van der Waals surface area contributed by atoms with Crippen molar-refractivity contribution in [2.75, 3.05) is 5.32 Å². The van der Waals surface area contributed by atoms with Crippen LogP contribution < -0.4 is 5.32 Å². The number of aromatic hydroxyl groups is 1. The van der Waals surface area contributed by atoms with Gasteiger partial charge in [-0.3, -0.25) is 4.21 Å². The fourth-order valence-electron chi connectivity index (χ4n) is 3.25. The van der Waals surface area contributed by atoms with Crippen molar-refractivity contribution in [3.8, 4) is 5.75 Å². The summed E-state index contributed by atoms with van der Waals surface area (Å²) in [5.74, 6) is 0.928. The summed E-state index contributed by atoms with van der Waals surface area (Å²) >= 11 is 0. The van der Waals surface area contributed by atoms with Gasteiger partial charge >= 0.3 is 0 Å². The van der Waals surface area contributed by atoms with Gasteiger partial charge in [0.1, 0.15) is 5.75 Å². The first-order valence-electron chi connectivity index (χ1n) is 8.68. The van der Waals surface area contributed by atoms with Gasteiger partial charge in [-0.15, -0.1) is 0 Å². The van der Waals surface area contributed by atoms with Gasteiger partial charge in [0.2, 0.25) is 0 Å². The highest BCUT2D eigenvalue weighted by atomic mass is 32.2. The predicted octanol–water partition coefficient (Wildman–Crippen LogP) is 4.59. The van der Waals surface area contributed by atoms with E-state index in [1.54, 1.807) is 12.1 Å². The first kappa shape index (κ1) is 17.0. The van der Waals surface area contributed by atoms with Crippen LogP contribution in [0.25, 0.3) is 0 Å². The van der Waals surface area contributed by atoms with E-state index in [1.165, 1.54) is 19.3 Å². The average Bonchev–Trinajstić information content (AvgIpc) is 2.61. The van der Waals surface area contributed by atoms with Crippen molar-refractivity contribution in [2.45, 2.75) is 49.7 Å². The molecule has 0 aromatic heterocycles. The van der Waals surface area contributed by atoms with Gasteiger partial charge in [0.25, 0.3) is 0 Å². The first-order chi connectivity index (χ1) is 11.7. The second kappa shape index (κ2) is 8.34. The second-order valence-corrected chi connectivity index (χ2v) is 8.23. The van der Waals surface area contributed by atoms with Gasteiger partial charge < -0.3 is 10.4 Å². The minimum atomic E-state index is -0.770. The van der Waals surface area contributed by atoms with E-state index < -0.39 is 10.8 Å². The highest BCUT2D eigenvalue weighted by Crippen LogP contribution is 2.24. The van der Waals surface area contributed by atoms with Gasteiger partial charge in [0.05, 0.1) is 0 Å². The Morgan fingerprint density at radius 3 is 2.54 bits per heavy atom. The van der Waals surface area contributed by atoms with Gasteiger partial charge in [0.15, 0.2) is 0 Å². The lowest BCUT2D eigenvalue weighted by Crippen LogP contribution is -2.19. The molecule has 24 heavy (non-hydrogen) atoms. The smallest absolute Gasteiger partial charge is 0.115 e. The van der Waals surface area contributed by atoms with Crippen LogP contribution in [-0.2, 0) is 23.1 Å². The molecule has 2 aromatic carbocycles. The number of hydrogen-bond acceptors (Lipinski definition) is 3. The predicted molar refractivity (Wildman–Crippen MR) is 101 cm³/mol. The van der Waals surface area contributed by atoms with Crippen molar-refractivity contribution in [3.63, 3.8) is 0 Å². The Bertz CT molecular complexity index is 696. The van der Waals surface area contributed by atoms with Crippen molar-refractivity contribution >= 4 is 16.5 Å². The van der Waals surface area contributed by atoms with E-state index in [0.717, 1.165) is 29.7 Å². The van der Waals surface area contributed by atoms with Crippen molar-refractivity contribution in [1.29, 1.82) is 0 Å². The molecule has 2 N–H and O–H groups in total. The zero-order valence-electron chi connectivity index (χ0n) is 13.9. The Morgan fingerprint density at radius 2 is 1.75 bits per heavy atom. The molecule has 3 rings (SSSR count). The maximum absolute atomic E-state index is 12.6. The Labute approximate surface area is 146 Å². The molecule has 4 heteroatoms. The molecule has 2 aromatic rings. The highest BCUT2D eigenvalue weighted by molar-refractivity contribution is 7.84. The summed E-state index contributed by atoms with van der Waals surface area (Å²) in [5, 5.41) is 13.3. The molecule has 0 aliphatic heterocycles. The normalized spacial score (nSPS) is 16.7. The lowest BCUT2D eigenvalue weighted by molar-refractivity contribution is 0.474. The number of phenols is 1. The molecule has 1 aliphatic rings. The maximum Gasteiger partial charge on any atom is 0.115 e. The van der Waals surface area contributed by atoms with Crippen molar-refractivity contribution in [3.05, 3.63) is 59.7 Å². The van der Waals surface area contributed by atoms with Crippen LogP contribution in [0.15, 0.2) is 48.5 Å². The molecule has 0 bridgehead atoms. The van der Waals surface area contributed by atoms with Crippen LogP contribution in [0.4, 0.5) is 5.69 Å². The second-order valence-electron chi connectivity index (χ2n) is 6.51. The molecule has 1 fully saturated rings. The molecular weight excluding hydrogens is 318 g/mol. The van der Waals surface area contributed by atoms with E-state index in [9.17, 15) is 9.32 Å². The molecule has 128 valence electrons. The molecule has 0 heterocycles. The highest BCUT2D eigenvalue weighted by Gasteiger charge is 2.19. The zero-order chi connectivity index (χ0) is 16.8. The molecule has 3 nitrogen and oxygen atoms in total. The van der Waals surface area contributed by atoms with Crippen LogP contribution in [0, 0.1) is 0 Å². The summed E-state index contributed by atoms with van der Waals surface area (Å²) in [6.45, 7) is 0.656. The van der Waals surface area contributed by atoms with Gasteiger partial charge in [-0.2, -0.15) is 0 Å². The summed E-state index contributed by atoms with van der Waals surface area (Å²) in [6.07, 6.45) is 5.97. The van der Waals surface area contributed by atoms with Crippen molar-refractivity contribution < 1.29 is 9.32 Å². The summed E-state index contributed by atoms with van der Waals surface area (Å²) in [5.41, 5.74) is 3.18. The molecule has 0 spiro atoms. The lowest BCUT2D eigenvalue weighted by Gasteiger charge is -2.21. The molecule has 1 aliphatic carbocycles. The van der Waals surface area contributed by atoms with Crippen LogP contribution in [0.1, 0.15) is 43.2 Å². The van der Waals surface area contributed by atoms with E-state index in [-0.39, 0.29) is 5.75 Å². The number of phenolic OH excluding ortho intramolecular Hbond substituents is 1. The SMILES string of the molecule is O=[S@@](Cc1cccc(NCc2cccc(O)c2)c1)C1CCCCC1. The first-order valence-corrected chi connectivity index (χ1v) is 10.1. The number of benzene rings is 2. The molecule has 1 atom stereocenters. The zero-order valence-corrected chi connectivity index (χ0v) is 14.7. The Kier molecular flexibility index (Phi) is 5.91. The molecule has 0 radical (unpaired) electrons. The van der Waals surface area contributed by atoms with Crippen molar-refractivity contribution in [2.24, 2.45) is 0 Å². The standard InChI is InChI=1S/C20H25NO2S/c22-19-9-5-6-16(13-19)14-21-18-8-4-7-17(12-18)15-24(23)20-10-2-1-3-11-20/h4-9,12-13,20-22H,1-3,10-11,14-15H2/t24-/m0/s1. The molecule has 0 amide bonds. The molecule has 1 saturated carbocycles. The van der Waals surface area contributed by atoms with Crippen LogP contribution in [-0.4, -0.2) is 14.6 Å². The monoisotopic (exact) mass is 343 g/mol. The summed E-state index contributed by atoms with van der Waals surface area (Å²) in [7, 11) is -0.770. The number of hydrogen-bond donors (Lipinski definition) is 2. The third-order valence-corrected chi connectivity index (χ3v) is 6.40. The van der Waals surface area contributed by atoms with E-state index in [4.69, 9.17) is 0 Å². The lowest BCUT2D eigenvalue weighted by atomic mass is 10.0. The Hall–Kier alpha value is -1.81. The maximum atomic E-state index is 12.6.